The van der Waals surface area contributed by atoms with Gasteiger partial charge >= 0.3 is 0 Å². The van der Waals surface area contributed by atoms with Crippen LogP contribution in [0.4, 0.5) is 0 Å². The second-order valence-corrected chi connectivity index (χ2v) is 8.60. The van der Waals surface area contributed by atoms with Crippen LogP contribution in [0.1, 0.15) is 44.9 Å². The van der Waals surface area contributed by atoms with E-state index in [1.54, 1.807) is 4.31 Å². The number of aromatic nitrogens is 1. The average molecular weight is 329 g/mol. The van der Waals surface area contributed by atoms with Gasteiger partial charge in [0.2, 0.25) is 10.0 Å². The molecule has 21 heavy (non-hydrogen) atoms. The highest BCUT2D eigenvalue weighted by atomic mass is 35.5. The first-order chi connectivity index (χ1) is 10.0. The van der Waals surface area contributed by atoms with Crippen LogP contribution in [0, 0.1) is 5.41 Å². The molecular weight excluding hydrogens is 308 g/mol. The summed E-state index contributed by atoms with van der Waals surface area (Å²) in [6.07, 6.45) is 9.89. The van der Waals surface area contributed by atoms with E-state index in [2.05, 4.69) is 4.98 Å². The Bertz CT molecular complexity index is 602. The van der Waals surface area contributed by atoms with E-state index in [4.69, 9.17) is 11.6 Å². The fraction of sp³-hybridized carbons (Fsp3) is 0.667. The van der Waals surface area contributed by atoms with Gasteiger partial charge in [0.1, 0.15) is 5.15 Å². The molecule has 1 saturated carbocycles. The third-order valence-corrected chi connectivity index (χ3v) is 7.13. The molecule has 1 spiro atoms. The first kappa shape index (κ1) is 15.3. The topological polar surface area (TPSA) is 50.3 Å². The fourth-order valence-electron chi connectivity index (χ4n) is 3.70. The van der Waals surface area contributed by atoms with Crippen LogP contribution >= 0.6 is 11.6 Å². The molecule has 1 aromatic rings. The molecule has 2 fully saturated rings. The number of rotatable bonds is 2. The Kier molecular flexibility index (Phi) is 4.26. The number of halogens is 1. The van der Waals surface area contributed by atoms with E-state index in [-0.39, 0.29) is 10.0 Å². The molecule has 0 aromatic carbocycles. The lowest BCUT2D eigenvalue weighted by Gasteiger charge is -2.43. The van der Waals surface area contributed by atoms with Crippen LogP contribution < -0.4 is 0 Å². The summed E-state index contributed by atoms with van der Waals surface area (Å²) in [4.78, 5) is 4.10. The first-order valence-corrected chi connectivity index (χ1v) is 9.45. The zero-order valence-electron chi connectivity index (χ0n) is 12.1. The van der Waals surface area contributed by atoms with Gasteiger partial charge in [-0.2, -0.15) is 4.31 Å². The summed E-state index contributed by atoms with van der Waals surface area (Å²) in [6.45, 7) is 1.25. The average Bonchev–Trinajstić information content (AvgIpc) is 2.48. The molecule has 1 aliphatic heterocycles. The summed E-state index contributed by atoms with van der Waals surface area (Å²) in [7, 11) is -3.43. The smallest absolute Gasteiger partial charge is 0.243 e. The van der Waals surface area contributed by atoms with E-state index < -0.39 is 10.0 Å². The third kappa shape index (κ3) is 3.10. The standard InChI is InChI=1S/C15H21ClN2O2S/c16-14-12-13(4-9-17-14)21(19,20)18-10-7-15(8-11-18)5-2-1-3-6-15/h4,9,12H,1-3,5-8,10-11H2. The summed E-state index contributed by atoms with van der Waals surface area (Å²) in [6, 6.07) is 2.95. The SMILES string of the molecule is O=S(=O)(c1ccnc(Cl)c1)N1CCC2(CCCCC2)CC1. The summed E-state index contributed by atoms with van der Waals surface area (Å²) < 4.78 is 26.9. The van der Waals surface area contributed by atoms with E-state index in [0.29, 0.717) is 18.5 Å². The Labute approximate surface area is 131 Å². The minimum Gasteiger partial charge on any atom is -0.244 e. The van der Waals surface area contributed by atoms with Crippen LogP contribution in [0.25, 0.3) is 0 Å². The van der Waals surface area contributed by atoms with Crippen molar-refractivity contribution in [1.29, 1.82) is 0 Å². The number of piperidine rings is 1. The highest BCUT2D eigenvalue weighted by Crippen LogP contribution is 2.45. The van der Waals surface area contributed by atoms with Gasteiger partial charge in [0.05, 0.1) is 4.90 Å². The minimum atomic E-state index is -3.43. The molecule has 0 N–H and O–H groups in total. The summed E-state index contributed by atoms with van der Waals surface area (Å²) in [5.74, 6) is 0. The molecule has 2 aliphatic rings. The Hall–Kier alpha value is -0.650. The second-order valence-electron chi connectivity index (χ2n) is 6.28. The zero-order valence-corrected chi connectivity index (χ0v) is 13.7. The van der Waals surface area contributed by atoms with Crippen molar-refractivity contribution in [1.82, 2.24) is 9.29 Å². The molecule has 0 amide bonds. The van der Waals surface area contributed by atoms with E-state index in [9.17, 15) is 8.42 Å². The number of pyridine rings is 1. The van der Waals surface area contributed by atoms with Gasteiger partial charge in [-0.3, -0.25) is 0 Å². The van der Waals surface area contributed by atoms with Crippen LogP contribution in [-0.4, -0.2) is 30.8 Å². The first-order valence-electron chi connectivity index (χ1n) is 7.64. The van der Waals surface area contributed by atoms with E-state index in [1.165, 1.54) is 50.4 Å². The van der Waals surface area contributed by atoms with Gasteiger partial charge in [-0.05, 0) is 43.2 Å². The Balaban J connectivity index is 1.74. The summed E-state index contributed by atoms with van der Waals surface area (Å²) in [5, 5.41) is 0.219. The maximum atomic E-state index is 12.7. The predicted octanol–water partition coefficient (Wildman–Crippen LogP) is 3.47. The van der Waals surface area contributed by atoms with Crippen molar-refractivity contribution >= 4 is 21.6 Å². The van der Waals surface area contributed by atoms with Crippen LogP contribution in [0.5, 0.6) is 0 Å². The van der Waals surface area contributed by atoms with Crippen LogP contribution in [-0.2, 0) is 10.0 Å². The van der Waals surface area contributed by atoms with Crippen molar-refractivity contribution in [3.05, 3.63) is 23.5 Å². The largest absolute Gasteiger partial charge is 0.244 e. The van der Waals surface area contributed by atoms with Gasteiger partial charge in [-0.15, -0.1) is 0 Å². The number of nitrogens with zero attached hydrogens (tertiary/aromatic N) is 2. The molecule has 1 aromatic heterocycles. The molecule has 1 saturated heterocycles. The number of sulfonamides is 1. The van der Waals surface area contributed by atoms with Gasteiger partial charge in [0, 0.05) is 19.3 Å². The maximum absolute atomic E-state index is 12.7. The van der Waals surface area contributed by atoms with Gasteiger partial charge < -0.3 is 0 Å². The van der Waals surface area contributed by atoms with Crippen molar-refractivity contribution in [3.63, 3.8) is 0 Å². The van der Waals surface area contributed by atoms with Gasteiger partial charge in [0.15, 0.2) is 0 Å². The molecule has 0 unspecified atom stereocenters. The maximum Gasteiger partial charge on any atom is 0.243 e. The van der Waals surface area contributed by atoms with E-state index in [1.807, 2.05) is 0 Å². The van der Waals surface area contributed by atoms with Crippen molar-refractivity contribution < 1.29 is 8.42 Å². The van der Waals surface area contributed by atoms with Gasteiger partial charge in [-0.1, -0.05) is 30.9 Å². The minimum absolute atomic E-state index is 0.219. The molecule has 6 heteroatoms. The zero-order chi connectivity index (χ0) is 14.9. The van der Waals surface area contributed by atoms with Crippen LogP contribution in [0.2, 0.25) is 5.15 Å². The Morgan fingerprint density at radius 1 is 1.10 bits per heavy atom. The normalized spacial score (nSPS) is 23.3. The van der Waals surface area contributed by atoms with Crippen molar-refractivity contribution in [2.45, 2.75) is 49.8 Å². The number of hydrogen-bond donors (Lipinski definition) is 0. The molecule has 1 aliphatic carbocycles. The van der Waals surface area contributed by atoms with Crippen LogP contribution in [0.15, 0.2) is 23.2 Å². The quantitative estimate of drug-likeness (QED) is 0.781. The Morgan fingerprint density at radius 3 is 2.38 bits per heavy atom. The molecule has 3 rings (SSSR count). The third-order valence-electron chi connectivity index (χ3n) is 5.03. The van der Waals surface area contributed by atoms with Crippen LogP contribution in [0.3, 0.4) is 0 Å². The Morgan fingerprint density at radius 2 is 1.76 bits per heavy atom. The highest BCUT2D eigenvalue weighted by molar-refractivity contribution is 7.89. The predicted molar refractivity (Wildman–Crippen MR) is 82.8 cm³/mol. The molecule has 2 heterocycles. The second kappa shape index (κ2) is 5.86. The molecule has 4 nitrogen and oxygen atoms in total. The summed E-state index contributed by atoms with van der Waals surface area (Å²) >= 11 is 5.81. The molecule has 0 radical (unpaired) electrons. The van der Waals surface area contributed by atoms with E-state index in [0.717, 1.165) is 12.8 Å². The lowest BCUT2D eigenvalue weighted by molar-refractivity contribution is 0.102. The lowest BCUT2D eigenvalue weighted by atomic mass is 9.68. The van der Waals surface area contributed by atoms with Crippen molar-refractivity contribution in [2.75, 3.05) is 13.1 Å². The fourth-order valence-corrected chi connectivity index (χ4v) is 5.39. The molecule has 116 valence electrons. The van der Waals surface area contributed by atoms with Crippen molar-refractivity contribution in [3.8, 4) is 0 Å². The highest BCUT2D eigenvalue weighted by Gasteiger charge is 2.39. The van der Waals surface area contributed by atoms with Gasteiger partial charge in [-0.25, -0.2) is 13.4 Å². The lowest BCUT2D eigenvalue weighted by Crippen LogP contribution is -2.43. The molecule has 0 bridgehead atoms. The monoisotopic (exact) mass is 328 g/mol. The number of hydrogen-bond acceptors (Lipinski definition) is 3. The van der Waals surface area contributed by atoms with Crippen molar-refractivity contribution in [2.24, 2.45) is 5.41 Å². The van der Waals surface area contributed by atoms with E-state index >= 15 is 0 Å². The van der Waals surface area contributed by atoms with Gasteiger partial charge in [0.25, 0.3) is 0 Å². The summed E-state index contributed by atoms with van der Waals surface area (Å²) in [5.41, 5.74) is 0.403. The molecule has 0 atom stereocenters. The molecular formula is C15H21ClN2O2S.